The Morgan fingerprint density at radius 3 is 2.59 bits per heavy atom. The van der Waals surface area contributed by atoms with Crippen LogP contribution in [0.15, 0.2) is 36.4 Å². The number of rotatable bonds is 3. The molecule has 0 unspecified atom stereocenters. The van der Waals surface area contributed by atoms with E-state index in [1.165, 1.54) is 12.1 Å². The van der Waals surface area contributed by atoms with Crippen LogP contribution in [0.2, 0.25) is 5.02 Å². The van der Waals surface area contributed by atoms with Crippen molar-refractivity contribution in [1.82, 2.24) is 0 Å². The maximum atomic E-state index is 11.9. The Labute approximate surface area is 130 Å². The summed E-state index contributed by atoms with van der Waals surface area (Å²) in [4.78, 5) is 21.9. The number of nitro benzene ring substituents is 1. The molecule has 0 spiro atoms. The lowest BCUT2D eigenvalue weighted by molar-refractivity contribution is -0.384. The molecule has 0 aliphatic rings. The van der Waals surface area contributed by atoms with E-state index in [2.05, 4.69) is 10.6 Å². The smallest absolute Gasteiger partial charge is 0.323 e. The molecule has 0 radical (unpaired) electrons. The van der Waals surface area contributed by atoms with Crippen LogP contribution in [0.25, 0.3) is 0 Å². The van der Waals surface area contributed by atoms with Crippen molar-refractivity contribution in [2.45, 2.75) is 6.92 Å². The summed E-state index contributed by atoms with van der Waals surface area (Å²) in [6.07, 6.45) is 0. The summed E-state index contributed by atoms with van der Waals surface area (Å²) < 4.78 is 0. The zero-order chi connectivity index (χ0) is 16.3. The van der Waals surface area contributed by atoms with Crippen LogP contribution in [0.5, 0.6) is 5.75 Å². The van der Waals surface area contributed by atoms with Gasteiger partial charge in [0.25, 0.3) is 5.69 Å². The number of non-ortho nitro benzene ring substituents is 1. The number of phenols is 1. The van der Waals surface area contributed by atoms with E-state index in [0.29, 0.717) is 10.7 Å². The normalized spacial score (nSPS) is 10.1. The molecule has 0 saturated heterocycles. The second-order valence-corrected chi connectivity index (χ2v) is 4.88. The Morgan fingerprint density at radius 2 is 2.00 bits per heavy atom. The number of amides is 2. The van der Waals surface area contributed by atoms with E-state index in [1.807, 2.05) is 0 Å². The van der Waals surface area contributed by atoms with Crippen molar-refractivity contribution >= 4 is 34.7 Å². The molecule has 22 heavy (non-hydrogen) atoms. The molecule has 0 heterocycles. The topological polar surface area (TPSA) is 104 Å². The van der Waals surface area contributed by atoms with E-state index in [4.69, 9.17) is 11.6 Å². The van der Waals surface area contributed by atoms with Crippen LogP contribution in [0.4, 0.5) is 21.9 Å². The summed E-state index contributed by atoms with van der Waals surface area (Å²) in [5, 5.41) is 25.6. The van der Waals surface area contributed by atoms with Gasteiger partial charge in [-0.25, -0.2) is 4.79 Å². The lowest BCUT2D eigenvalue weighted by atomic mass is 10.2. The van der Waals surface area contributed by atoms with Gasteiger partial charge < -0.3 is 15.7 Å². The molecule has 0 aliphatic carbocycles. The van der Waals surface area contributed by atoms with Crippen LogP contribution in [0, 0.1) is 17.0 Å². The summed E-state index contributed by atoms with van der Waals surface area (Å²) in [5.41, 5.74) is 0.997. The fourth-order valence-electron chi connectivity index (χ4n) is 1.80. The number of hydrogen-bond donors (Lipinski definition) is 3. The lowest BCUT2D eigenvalue weighted by Gasteiger charge is -2.12. The fraction of sp³-hybridized carbons (Fsp3) is 0.0714. The molecule has 0 atom stereocenters. The van der Waals surface area contributed by atoms with Gasteiger partial charge >= 0.3 is 6.03 Å². The van der Waals surface area contributed by atoms with Crippen molar-refractivity contribution < 1.29 is 14.8 Å². The number of benzene rings is 2. The van der Waals surface area contributed by atoms with Gasteiger partial charge in [-0.1, -0.05) is 23.7 Å². The van der Waals surface area contributed by atoms with Gasteiger partial charge in [0.2, 0.25) is 0 Å². The second-order valence-electron chi connectivity index (χ2n) is 4.47. The van der Waals surface area contributed by atoms with Gasteiger partial charge in [-0.2, -0.15) is 0 Å². The molecular weight excluding hydrogens is 310 g/mol. The van der Waals surface area contributed by atoms with Crippen LogP contribution < -0.4 is 10.6 Å². The number of anilines is 2. The second kappa shape index (κ2) is 6.31. The highest BCUT2D eigenvalue weighted by Gasteiger charge is 2.13. The first-order valence-electron chi connectivity index (χ1n) is 6.19. The van der Waals surface area contributed by atoms with Crippen LogP contribution in [0.1, 0.15) is 5.56 Å². The highest BCUT2D eigenvalue weighted by Crippen LogP contribution is 2.29. The maximum absolute atomic E-state index is 11.9. The number of para-hydroxylation sites is 1. The molecular formula is C14H12ClN3O4. The Kier molecular flexibility index (Phi) is 4.47. The monoisotopic (exact) mass is 321 g/mol. The van der Waals surface area contributed by atoms with Gasteiger partial charge in [0.15, 0.2) is 0 Å². The minimum absolute atomic E-state index is 0.0489. The number of aromatic hydroxyl groups is 1. The fourth-order valence-corrected chi connectivity index (χ4v) is 2.07. The largest absolute Gasteiger partial charge is 0.506 e. The van der Waals surface area contributed by atoms with E-state index in [9.17, 15) is 20.0 Å². The molecule has 0 aromatic heterocycles. The van der Waals surface area contributed by atoms with Crippen LogP contribution in [-0.2, 0) is 0 Å². The van der Waals surface area contributed by atoms with Crippen molar-refractivity contribution in [3.05, 3.63) is 57.1 Å². The van der Waals surface area contributed by atoms with Crippen LogP contribution in [-0.4, -0.2) is 16.1 Å². The number of nitrogens with one attached hydrogen (secondary N) is 2. The summed E-state index contributed by atoms with van der Waals surface area (Å²) in [6.45, 7) is 1.78. The number of nitrogens with zero attached hydrogens (tertiary/aromatic N) is 1. The highest BCUT2D eigenvalue weighted by atomic mass is 35.5. The van der Waals surface area contributed by atoms with Gasteiger partial charge in [-0.05, 0) is 24.6 Å². The standard InChI is InChI=1S/C14H12ClN3O4/c1-8-3-2-4-10(15)13(8)17-14(20)16-11-6-5-9(18(21)22)7-12(11)19/h2-7,19H,1H3,(H2,16,17,20). The SMILES string of the molecule is Cc1cccc(Cl)c1NC(=O)Nc1ccc([N+](=O)[O-])cc1O. The molecule has 2 rings (SSSR count). The quantitative estimate of drug-likeness (QED) is 0.453. The number of carbonyl (C=O) groups is 1. The third kappa shape index (κ3) is 3.44. The molecule has 0 fully saturated rings. The average molecular weight is 322 g/mol. The Bertz CT molecular complexity index is 729. The number of hydrogen-bond acceptors (Lipinski definition) is 4. The zero-order valence-corrected chi connectivity index (χ0v) is 12.2. The Balaban J connectivity index is 2.14. The molecule has 2 aromatic rings. The highest BCUT2D eigenvalue weighted by molar-refractivity contribution is 6.34. The number of halogens is 1. The lowest BCUT2D eigenvalue weighted by Crippen LogP contribution is -2.20. The van der Waals surface area contributed by atoms with Crippen molar-refractivity contribution in [2.24, 2.45) is 0 Å². The van der Waals surface area contributed by atoms with Crippen LogP contribution >= 0.6 is 11.6 Å². The van der Waals surface area contributed by atoms with E-state index in [0.717, 1.165) is 11.6 Å². The first kappa shape index (κ1) is 15.6. The number of carbonyl (C=O) groups excluding carboxylic acids is 1. The van der Waals surface area contributed by atoms with Gasteiger partial charge in [-0.15, -0.1) is 0 Å². The first-order valence-corrected chi connectivity index (χ1v) is 6.57. The molecule has 0 saturated carbocycles. The number of urea groups is 1. The van der Waals surface area contributed by atoms with Gasteiger partial charge in [0, 0.05) is 6.07 Å². The molecule has 0 aliphatic heterocycles. The van der Waals surface area contributed by atoms with E-state index in [-0.39, 0.29) is 11.4 Å². The first-order chi connectivity index (χ1) is 10.4. The third-order valence-corrected chi connectivity index (χ3v) is 3.22. The molecule has 3 N–H and O–H groups in total. The molecule has 2 amide bonds. The van der Waals surface area contributed by atoms with Crippen molar-refractivity contribution in [3.63, 3.8) is 0 Å². The van der Waals surface area contributed by atoms with E-state index < -0.39 is 16.7 Å². The summed E-state index contributed by atoms with van der Waals surface area (Å²) in [6, 6.07) is 7.92. The number of aryl methyl sites for hydroxylation is 1. The number of phenolic OH excluding ortho intramolecular Hbond substituents is 1. The van der Waals surface area contributed by atoms with Crippen molar-refractivity contribution in [2.75, 3.05) is 10.6 Å². The summed E-state index contributed by atoms with van der Waals surface area (Å²) in [7, 11) is 0. The molecule has 8 heteroatoms. The van der Waals surface area contributed by atoms with Crippen LogP contribution in [0.3, 0.4) is 0 Å². The zero-order valence-electron chi connectivity index (χ0n) is 11.5. The molecule has 0 bridgehead atoms. The summed E-state index contributed by atoms with van der Waals surface area (Å²) in [5.74, 6) is -0.403. The van der Waals surface area contributed by atoms with Gasteiger partial charge in [0.05, 0.1) is 27.4 Å². The minimum atomic E-state index is -0.642. The maximum Gasteiger partial charge on any atom is 0.323 e. The molecule has 7 nitrogen and oxygen atoms in total. The van der Waals surface area contributed by atoms with Crippen molar-refractivity contribution in [3.8, 4) is 5.75 Å². The van der Waals surface area contributed by atoms with E-state index >= 15 is 0 Å². The van der Waals surface area contributed by atoms with Gasteiger partial charge in [0.1, 0.15) is 5.75 Å². The predicted molar refractivity (Wildman–Crippen MR) is 83.6 cm³/mol. The number of nitro groups is 1. The molecule has 114 valence electrons. The van der Waals surface area contributed by atoms with Crippen molar-refractivity contribution in [1.29, 1.82) is 0 Å². The third-order valence-electron chi connectivity index (χ3n) is 2.90. The minimum Gasteiger partial charge on any atom is -0.506 e. The average Bonchev–Trinajstić information content (AvgIpc) is 2.45. The summed E-state index contributed by atoms with van der Waals surface area (Å²) >= 11 is 6.00. The molecule has 2 aromatic carbocycles. The Morgan fingerprint density at radius 1 is 1.27 bits per heavy atom. The van der Waals surface area contributed by atoms with Gasteiger partial charge in [-0.3, -0.25) is 10.1 Å². The Hall–Kier alpha value is -2.80. The van der Waals surface area contributed by atoms with E-state index in [1.54, 1.807) is 25.1 Å². The predicted octanol–water partition coefficient (Wildman–Crippen LogP) is 3.91.